The Morgan fingerprint density at radius 3 is 1.77 bits per heavy atom. The van der Waals surface area contributed by atoms with E-state index in [-0.39, 0.29) is 42.1 Å². The van der Waals surface area contributed by atoms with Crippen LogP contribution in [-0.2, 0) is 22.7 Å². The quantitative estimate of drug-likeness (QED) is 0.170. The number of rotatable bonds is 6. The Morgan fingerprint density at radius 2 is 1.35 bits per heavy atom. The third kappa shape index (κ3) is 11.5. The highest BCUT2D eigenvalue weighted by Gasteiger charge is 2.26. The molecule has 0 saturated carbocycles. The number of pyridine rings is 2. The molecule has 284 valence electrons. The number of thiophene rings is 2. The van der Waals surface area contributed by atoms with Gasteiger partial charge in [-0.25, -0.2) is 0 Å². The number of nitrogens with two attached hydrogens (primary N) is 1. The molecule has 4 aromatic rings. The number of H-pyrrole nitrogens is 2. The van der Waals surface area contributed by atoms with Gasteiger partial charge in [-0.05, 0) is 127 Å². The predicted molar refractivity (Wildman–Crippen MR) is 215 cm³/mol. The highest BCUT2D eigenvalue weighted by molar-refractivity contribution is 7.15. The Bertz CT molecular complexity index is 1930. The molecule has 4 aromatic heterocycles. The molecule has 2 atom stereocenters. The minimum absolute atomic E-state index is 0. The van der Waals surface area contributed by atoms with Crippen LogP contribution in [0.4, 0.5) is 10.0 Å². The fraction of sp³-hybridized carbons (Fsp3) is 0.474. The molecule has 2 aliphatic heterocycles. The molecule has 0 radical (unpaired) electrons. The summed E-state index contributed by atoms with van der Waals surface area (Å²) in [7, 11) is 0. The molecule has 2 unspecified atom stereocenters. The van der Waals surface area contributed by atoms with E-state index in [1.54, 1.807) is 11.3 Å². The Hall–Kier alpha value is -4.00. The lowest BCUT2D eigenvalue weighted by atomic mass is 10.1. The fourth-order valence-electron chi connectivity index (χ4n) is 6.54. The summed E-state index contributed by atoms with van der Waals surface area (Å²) in [5.41, 5.74) is 13.2. The molecule has 11 nitrogen and oxygen atoms in total. The van der Waals surface area contributed by atoms with Crippen molar-refractivity contribution in [2.24, 2.45) is 5.73 Å². The Labute approximate surface area is 320 Å². The number of carbonyl (C=O) groups excluding carboxylic acids is 3. The van der Waals surface area contributed by atoms with Gasteiger partial charge in [-0.15, -0.1) is 35.1 Å². The molecule has 6 heterocycles. The van der Waals surface area contributed by atoms with Crippen molar-refractivity contribution in [2.45, 2.75) is 106 Å². The van der Waals surface area contributed by atoms with Crippen LogP contribution in [-0.4, -0.2) is 47.2 Å². The number of amides is 1. The van der Waals surface area contributed by atoms with Crippen molar-refractivity contribution >= 4 is 57.1 Å². The third-order valence-corrected chi connectivity index (χ3v) is 11.5. The highest BCUT2D eigenvalue weighted by atomic mass is 35.5. The number of hydrogen-bond acceptors (Lipinski definition) is 10. The van der Waals surface area contributed by atoms with Crippen molar-refractivity contribution in [1.29, 1.82) is 0 Å². The van der Waals surface area contributed by atoms with E-state index in [0.717, 1.165) is 40.7 Å². The van der Waals surface area contributed by atoms with E-state index >= 15 is 0 Å². The second-order valence-corrected chi connectivity index (χ2v) is 15.0. The van der Waals surface area contributed by atoms with Gasteiger partial charge in [0.15, 0.2) is 0 Å². The van der Waals surface area contributed by atoms with Crippen LogP contribution in [0.15, 0.2) is 38.5 Å². The van der Waals surface area contributed by atoms with E-state index in [0.29, 0.717) is 29.3 Å². The summed E-state index contributed by atoms with van der Waals surface area (Å²) in [5, 5.41) is 9.70. The molecule has 0 spiro atoms. The van der Waals surface area contributed by atoms with Crippen molar-refractivity contribution in [3.8, 4) is 0 Å². The number of hydrogen-bond donors (Lipinski definition) is 4. The van der Waals surface area contributed by atoms with Crippen LogP contribution in [0.5, 0.6) is 0 Å². The fourth-order valence-corrected chi connectivity index (χ4v) is 8.81. The summed E-state index contributed by atoms with van der Waals surface area (Å²) in [6.45, 7) is 19.1. The summed E-state index contributed by atoms with van der Waals surface area (Å²) in [6.07, 6.45) is 5.37. The Morgan fingerprint density at radius 1 is 0.846 bits per heavy atom. The number of nitrogens with zero attached hydrogens (tertiary/aromatic N) is 2. The van der Waals surface area contributed by atoms with E-state index in [1.165, 1.54) is 47.8 Å². The van der Waals surface area contributed by atoms with Gasteiger partial charge >= 0.3 is 6.15 Å². The molecule has 2 fully saturated rings. The van der Waals surface area contributed by atoms with E-state index in [1.807, 2.05) is 63.5 Å². The lowest BCUT2D eigenvalue weighted by molar-refractivity contribution is -0.191. The molecule has 0 aliphatic carbocycles. The number of nitrogens with one attached hydrogen (secondary N) is 3. The second-order valence-electron chi connectivity index (χ2n) is 13.2. The van der Waals surface area contributed by atoms with Gasteiger partial charge in [-0.3, -0.25) is 14.4 Å². The van der Waals surface area contributed by atoms with E-state index in [4.69, 9.17) is 15.3 Å². The van der Waals surface area contributed by atoms with Crippen LogP contribution < -0.4 is 32.0 Å². The molecular formula is C38H53ClN6O5S2. The van der Waals surface area contributed by atoms with Gasteiger partial charge in [0, 0.05) is 66.2 Å². The number of anilines is 2. The number of aryl methyl sites for hydroxylation is 5. The highest BCUT2D eigenvalue weighted by Crippen LogP contribution is 2.36. The maximum Gasteiger partial charge on any atom is 0.373 e. The van der Waals surface area contributed by atoms with E-state index in [2.05, 4.69) is 57.3 Å². The van der Waals surface area contributed by atoms with Crippen LogP contribution in [0.25, 0.3) is 0 Å². The van der Waals surface area contributed by atoms with E-state index in [9.17, 15) is 14.4 Å². The first-order valence-corrected chi connectivity index (χ1v) is 19.0. The van der Waals surface area contributed by atoms with Crippen LogP contribution in [0, 0.1) is 41.5 Å². The number of aromatic amines is 2. The number of carbonyl (C=O) groups is 1. The molecule has 2 saturated heterocycles. The normalized spacial score (nSPS) is 15.9. The topological polar surface area (TPSA) is 161 Å². The zero-order valence-electron chi connectivity index (χ0n) is 31.4. The van der Waals surface area contributed by atoms with Gasteiger partial charge in [-0.2, -0.15) is 9.59 Å². The van der Waals surface area contributed by atoms with Crippen molar-refractivity contribution in [2.75, 3.05) is 22.9 Å². The largest absolute Gasteiger partial charge is 0.373 e. The number of halogens is 1. The van der Waals surface area contributed by atoms with Gasteiger partial charge in [0.2, 0.25) is 0 Å². The standard InChI is InChI=1S/C19H25N3O2S.C10H15NS.C8H12N2O.CO2.ClH/c1-11-8-12(2)21-18(24)15(11)9-20-17(23)16-10-25-19(14(16)4)22-7-5-6-13(22)3;1-8-5-7-12-10(8)11-6-3-4-9(11)2;1-5-3-6(2)10-8(11)7(5)4-9;2-1-3;/h8,10,13H,5-7,9H2,1-4H3,(H,20,23)(H,21,24);5,7,9H,3-4,6H2,1-2H3;3H,4,9H2,1-2H3,(H,10,11);;1H. The first-order valence-electron chi connectivity index (χ1n) is 17.3. The van der Waals surface area contributed by atoms with Gasteiger partial charge in [-0.1, -0.05) is 0 Å². The van der Waals surface area contributed by atoms with Gasteiger partial charge in [0.05, 0.1) is 15.6 Å². The zero-order chi connectivity index (χ0) is 37.8. The minimum atomic E-state index is -0.133. The molecule has 0 bridgehead atoms. The monoisotopic (exact) mass is 772 g/mol. The molecule has 2 aliphatic rings. The van der Waals surface area contributed by atoms with Crippen molar-refractivity contribution in [3.63, 3.8) is 0 Å². The molecule has 52 heavy (non-hydrogen) atoms. The van der Waals surface area contributed by atoms with Crippen molar-refractivity contribution in [3.05, 3.63) is 100.0 Å². The maximum atomic E-state index is 12.6. The minimum Gasteiger partial charge on any atom is -0.361 e. The average molecular weight is 773 g/mol. The first kappa shape index (κ1) is 44.2. The SMILES string of the molecule is Cc1cc(C)c(CN)c(=O)[nH]1.Cc1cc(C)c(CNC(=O)c2csc(N3CCCC3C)c2C)c(=O)[nH]1.Cc1ccsc1N1CCCC1C.Cl.O=C=O. The predicted octanol–water partition coefficient (Wildman–Crippen LogP) is 6.61. The summed E-state index contributed by atoms with van der Waals surface area (Å²) in [6, 6.07) is 7.34. The average Bonchev–Trinajstić information content (AvgIpc) is 3.86. The van der Waals surface area contributed by atoms with Crippen molar-refractivity contribution in [1.82, 2.24) is 15.3 Å². The van der Waals surface area contributed by atoms with Crippen LogP contribution in [0.2, 0.25) is 0 Å². The number of aromatic nitrogens is 2. The van der Waals surface area contributed by atoms with Crippen molar-refractivity contribution < 1.29 is 14.4 Å². The summed E-state index contributed by atoms with van der Waals surface area (Å²) >= 11 is 3.51. The molecule has 1 amide bonds. The summed E-state index contributed by atoms with van der Waals surface area (Å²) < 4.78 is 0. The Balaban J connectivity index is 0.000000289. The molecule has 5 N–H and O–H groups in total. The van der Waals surface area contributed by atoms with Gasteiger partial charge < -0.3 is 30.8 Å². The second kappa shape index (κ2) is 20.9. The summed E-state index contributed by atoms with van der Waals surface area (Å²) in [5.74, 6) is -0.119. The zero-order valence-corrected chi connectivity index (χ0v) is 33.9. The Kier molecular flexibility index (Phi) is 17.7. The van der Waals surface area contributed by atoms with Gasteiger partial charge in [0.1, 0.15) is 0 Å². The van der Waals surface area contributed by atoms with Crippen LogP contribution >= 0.6 is 35.1 Å². The summed E-state index contributed by atoms with van der Waals surface area (Å²) in [4.78, 5) is 62.5. The van der Waals surface area contributed by atoms with Gasteiger partial charge in [0.25, 0.3) is 17.0 Å². The molecule has 6 rings (SSSR count). The van der Waals surface area contributed by atoms with Crippen LogP contribution in [0.1, 0.15) is 94.7 Å². The lowest BCUT2D eigenvalue weighted by Gasteiger charge is -2.23. The third-order valence-electron chi connectivity index (χ3n) is 9.34. The molecule has 14 heteroatoms. The molecular weight excluding hydrogens is 720 g/mol. The van der Waals surface area contributed by atoms with Crippen LogP contribution in [0.3, 0.4) is 0 Å². The maximum absolute atomic E-state index is 12.6. The smallest absolute Gasteiger partial charge is 0.361 e. The first-order chi connectivity index (χ1) is 24.2. The van der Waals surface area contributed by atoms with E-state index < -0.39 is 0 Å². The molecule has 0 aromatic carbocycles. The lowest BCUT2D eigenvalue weighted by Crippen LogP contribution is -2.29.